The third kappa shape index (κ3) is 2.62. The highest BCUT2D eigenvalue weighted by Gasteiger charge is 2.61. The molecule has 120 valence electrons. The average molecular weight is 292 g/mol. The largest absolute Gasteiger partial charge is 0.322 e. The van der Waals surface area contributed by atoms with E-state index in [-0.39, 0.29) is 11.7 Å². The van der Waals surface area contributed by atoms with Crippen molar-refractivity contribution in [2.75, 3.05) is 0 Å². The Labute approximate surface area is 129 Å². The van der Waals surface area contributed by atoms with Crippen LogP contribution in [0.2, 0.25) is 0 Å². The lowest BCUT2D eigenvalue weighted by Crippen LogP contribution is -2.52. The smallest absolute Gasteiger partial charge is 0.244 e. The van der Waals surface area contributed by atoms with Gasteiger partial charge in [-0.2, -0.15) is 0 Å². The number of carbonyl (C=O) groups excluding carboxylic acids is 1. The Bertz CT molecular complexity index is 432. The first kappa shape index (κ1) is 15.3. The zero-order valence-electron chi connectivity index (χ0n) is 14.6. The van der Waals surface area contributed by atoms with Crippen molar-refractivity contribution in [3.63, 3.8) is 0 Å². The Balaban J connectivity index is 1.88. The average Bonchev–Trinajstić information content (AvgIpc) is 2.97. The van der Waals surface area contributed by atoms with E-state index in [0.717, 1.165) is 25.7 Å². The Morgan fingerprint density at radius 1 is 1.10 bits per heavy atom. The van der Waals surface area contributed by atoms with Crippen molar-refractivity contribution >= 4 is 5.91 Å². The monoisotopic (exact) mass is 292 g/mol. The Hall–Kier alpha value is -0.570. The topological polar surface area (TPSA) is 32.3 Å². The maximum Gasteiger partial charge on any atom is 0.244 e. The van der Waals surface area contributed by atoms with Gasteiger partial charge in [-0.05, 0) is 48.9 Å². The quantitative estimate of drug-likeness (QED) is 0.844. The number of hydrogen-bond donors (Lipinski definition) is 1. The van der Waals surface area contributed by atoms with Gasteiger partial charge in [-0.3, -0.25) is 10.1 Å². The highest BCUT2D eigenvalue weighted by molar-refractivity contribution is 5.92. The molecule has 1 N–H and O–H groups in total. The molecule has 0 bridgehead atoms. The Morgan fingerprint density at radius 2 is 1.62 bits per heavy atom. The van der Waals surface area contributed by atoms with E-state index >= 15 is 0 Å². The van der Waals surface area contributed by atoms with Gasteiger partial charge in [0.15, 0.2) is 0 Å². The van der Waals surface area contributed by atoms with Crippen LogP contribution in [0.4, 0.5) is 0 Å². The van der Waals surface area contributed by atoms with Crippen molar-refractivity contribution in [3.8, 4) is 0 Å². The molecule has 1 heterocycles. The molecule has 1 amide bonds. The lowest BCUT2D eigenvalue weighted by Gasteiger charge is -2.49. The second-order valence-electron chi connectivity index (χ2n) is 9.69. The minimum absolute atomic E-state index is 0.180. The van der Waals surface area contributed by atoms with Crippen molar-refractivity contribution in [2.45, 2.75) is 91.4 Å². The van der Waals surface area contributed by atoms with E-state index in [1.54, 1.807) is 0 Å². The van der Waals surface area contributed by atoms with Crippen LogP contribution in [0.25, 0.3) is 0 Å². The molecule has 0 aromatic rings. The molecule has 3 rings (SSSR count). The highest BCUT2D eigenvalue weighted by atomic mass is 16.2. The molecule has 3 fully saturated rings. The molecule has 3 nitrogen and oxygen atoms in total. The van der Waals surface area contributed by atoms with Crippen molar-refractivity contribution in [1.29, 1.82) is 0 Å². The van der Waals surface area contributed by atoms with Gasteiger partial charge in [0.1, 0.15) is 0 Å². The molecule has 3 aliphatic rings. The molecular weight excluding hydrogens is 260 g/mol. The molecule has 1 atom stereocenters. The van der Waals surface area contributed by atoms with Crippen LogP contribution in [0.1, 0.15) is 73.6 Å². The first-order valence-electron chi connectivity index (χ1n) is 8.66. The summed E-state index contributed by atoms with van der Waals surface area (Å²) >= 11 is 0. The summed E-state index contributed by atoms with van der Waals surface area (Å²) in [4.78, 5) is 15.2. The summed E-state index contributed by atoms with van der Waals surface area (Å²) in [7, 11) is 0. The van der Waals surface area contributed by atoms with Crippen molar-refractivity contribution in [1.82, 2.24) is 10.2 Å². The Kier molecular flexibility index (Phi) is 3.26. The van der Waals surface area contributed by atoms with Gasteiger partial charge in [-0.15, -0.1) is 0 Å². The molecule has 21 heavy (non-hydrogen) atoms. The summed E-state index contributed by atoms with van der Waals surface area (Å²) < 4.78 is 0. The van der Waals surface area contributed by atoms with Crippen LogP contribution in [-0.4, -0.2) is 28.6 Å². The highest BCUT2D eigenvalue weighted by Crippen LogP contribution is 2.51. The molecule has 1 aliphatic heterocycles. The fraction of sp³-hybridized carbons (Fsp3) is 0.944. The van der Waals surface area contributed by atoms with E-state index in [1.165, 1.54) is 6.42 Å². The van der Waals surface area contributed by atoms with Crippen molar-refractivity contribution in [3.05, 3.63) is 0 Å². The summed E-state index contributed by atoms with van der Waals surface area (Å²) in [6.45, 7) is 13.9. The molecule has 0 radical (unpaired) electrons. The van der Waals surface area contributed by atoms with Crippen LogP contribution < -0.4 is 5.32 Å². The lowest BCUT2D eigenvalue weighted by atomic mass is 9.63. The van der Waals surface area contributed by atoms with Crippen molar-refractivity contribution < 1.29 is 4.79 Å². The first-order chi connectivity index (χ1) is 9.55. The number of carbonyl (C=O) groups is 1. The van der Waals surface area contributed by atoms with E-state index in [4.69, 9.17) is 0 Å². The summed E-state index contributed by atoms with van der Waals surface area (Å²) in [6, 6.07) is 0.399. The molecule has 1 spiro atoms. The maximum absolute atomic E-state index is 13.0. The number of nitrogens with zero attached hydrogens (tertiary/aromatic N) is 1. The van der Waals surface area contributed by atoms with Gasteiger partial charge in [0.05, 0.1) is 11.7 Å². The van der Waals surface area contributed by atoms with Gasteiger partial charge in [-0.25, -0.2) is 0 Å². The molecule has 3 heteroatoms. The van der Waals surface area contributed by atoms with Crippen molar-refractivity contribution in [2.24, 2.45) is 16.7 Å². The summed E-state index contributed by atoms with van der Waals surface area (Å²) in [6.07, 6.45) is 5.83. The van der Waals surface area contributed by atoms with E-state index in [1.807, 2.05) is 0 Å². The van der Waals surface area contributed by atoms with E-state index < -0.39 is 0 Å². The predicted molar refractivity (Wildman–Crippen MR) is 85.8 cm³/mol. The third-order valence-corrected chi connectivity index (χ3v) is 5.68. The van der Waals surface area contributed by atoms with Crippen LogP contribution in [0.5, 0.6) is 0 Å². The van der Waals surface area contributed by atoms with Gasteiger partial charge in [0.25, 0.3) is 0 Å². The summed E-state index contributed by atoms with van der Waals surface area (Å²) in [5.41, 5.74) is 0.474. The van der Waals surface area contributed by atoms with Gasteiger partial charge >= 0.3 is 0 Å². The molecule has 2 saturated carbocycles. The van der Waals surface area contributed by atoms with Gasteiger partial charge in [0, 0.05) is 6.04 Å². The molecular formula is C18H32N2O. The standard InChI is InChI=1S/C18H32N2O/c1-12(2)14-19-18(7-8-18)15(21)20(14)13-9-16(3,4)11-17(5,6)10-13/h12-14,19H,7-11H2,1-6H3. The Morgan fingerprint density at radius 3 is 2.05 bits per heavy atom. The summed E-state index contributed by atoms with van der Waals surface area (Å²) in [5.74, 6) is 0.863. The number of nitrogens with one attached hydrogen (secondary N) is 1. The minimum Gasteiger partial charge on any atom is -0.322 e. The normalized spacial score (nSPS) is 34.0. The molecule has 1 unspecified atom stereocenters. The second-order valence-corrected chi connectivity index (χ2v) is 9.69. The maximum atomic E-state index is 13.0. The van der Waals surface area contributed by atoms with Crippen LogP contribution in [-0.2, 0) is 4.79 Å². The zero-order valence-corrected chi connectivity index (χ0v) is 14.6. The predicted octanol–water partition coefficient (Wildman–Crippen LogP) is 3.54. The number of hydrogen-bond acceptors (Lipinski definition) is 2. The first-order valence-corrected chi connectivity index (χ1v) is 8.66. The minimum atomic E-state index is -0.180. The molecule has 0 aromatic heterocycles. The molecule has 2 aliphatic carbocycles. The molecule has 0 aromatic carbocycles. The zero-order chi connectivity index (χ0) is 15.6. The molecule has 1 saturated heterocycles. The van der Waals surface area contributed by atoms with Crippen LogP contribution in [0.15, 0.2) is 0 Å². The summed E-state index contributed by atoms with van der Waals surface area (Å²) in [5, 5.41) is 3.67. The van der Waals surface area contributed by atoms with E-state index in [2.05, 4.69) is 51.8 Å². The van der Waals surface area contributed by atoms with Gasteiger partial charge in [0.2, 0.25) is 5.91 Å². The fourth-order valence-corrected chi connectivity index (χ4v) is 5.14. The SMILES string of the molecule is CC(C)C1NC2(CC2)C(=O)N1C1CC(C)(C)CC(C)(C)C1. The number of amides is 1. The van der Waals surface area contributed by atoms with Crippen LogP contribution in [0.3, 0.4) is 0 Å². The lowest BCUT2D eigenvalue weighted by molar-refractivity contribution is -0.136. The second kappa shape index (κ2) is 4.47. The number of rotatable bonds is 2. The third-order valence-electron chi connectivity index (χ3n) is 5.68. The van der Waals surface area contributed by atoms with Crippen LogP contribution in [0, 0.1) is 16.7 Å². The van der Waals surface area contributed by atoms with Gasteiger partial charge in [-0.1, -0.05) is 41.5 Å². The van der Waals surface area contributed by atoms with Crippen LogP contribution >= 0.6 is 0 Å². The van der Waals surface area contributed by atoms with E-state index in [9.17, 15) is 4.79 Å². The van der Waals surface area contributed by atoms with Gasteiger partial charge < -0.3 is 4.90 Å². The fourth-order valence-electron chi connectivity index (χ4n) is 5.14. The van der Waals surface area contributed by atoms with E-state index in [0.29, 0.717) is 28.7 Å².